The highest BCUT2D eigenvalue weighted by atomic mass is 127. The fourth-order valence-electron chi connectivity index (χ4n) is 3.56. The molecule has 186 valence electrons. The van der Waals surface area contributed by atoms with Crippen molar-refractivity contribution in [3.63, 3.8) is 0 Å². The first kappa shape index (κ1) is 27.5. The predicted molar refractivity (Wildman–Crippen MR) is 150 cm³/mol. The maximum absolute atomic E-state index is 12.8. The van der Waals surface area contributed by atoms with Gasteiger partial charge in [0.05, 0.1) is 22.4 Å². The first-order valence-electron chi connectivity index (χ1n) is 11.2. The van der Waals surface area contributed by atoms with Crippen molar-refractivity contribution in [1.82, 2.24) is 20.1 Å². The molecule has 0 fully saturated rings. The quantitative estimate of drug-likeness (QED) is 0.223. The van der Waals surface area contributed by atoms with Gasteiger partial charge in [0.25, 0.3) is 5.91 Å². The molecule has 10 heteroatoms. The summed E-state index contributed by atoms with van der Waals surface area (Å²) in [5.74, 6) is 0.764. The minimum absolute atomic E-state index is 0.0563. The molecular weight excluding hydrogens is 597 g/mol. The number of amides is 2. The van der Waals surface area contributed by atoms with Gasteiger partial charge in [0.2, 0.25) is 5.91 Å². The lowest BCUT2D eigenvalue weighted by Crippen LogP contribution is -2.33. The molecule has 7 nitrogen and oxygen atoms in total. The van der Waals surface area contributed by atoms with Crippen molar-refractivity contribution in [2.45, 2.75) is 44.8 Å². The lowest BCUT2D eigenvalue weighted by atomic mass is 10.0. The van der Waals surface area contributed by atoms with E-state index in [1.807, 2.05) is 37.6 Å². The van der Waals surface area contributed by atoms with Gasteiger partial charge < -0.3 is 15.2 Å². The molecule has 0 bridgehead atoms. The summed E-state index contributed by atoms with van der Waals surface area (Å²) in [6.07, 6.45) is 0. The Labute approximate surface area is 228 Å². The molecule has 0 aliphatic carbocycles. The minimum atomic E-state index is -0.375. The number of hydrogen-bond donors (Lipinski definition) is 2. The lowest BCUT2D eigenvalue weighted by molar-refractivity contribution is -0.113. The van der Waals surface area contributed by atoms with Crippen molar-refractivity contribution in [2.75, 3.05) is 11.1 Å². The third kappa shape index (κ3) is 6.98. The van der Waals surface area contributed by atoms with Crippen molar-refractivity contribution in [2.24, 2.45) is 13.0 Å². The monoisotopic (exact) mass is 625 g/mol. The van der Waals surface area contributed by atoms with E-state index in [1.54, 1.807) is 24.3 Å². The van der Waals surface area contributed by atoms with Gasteiger partial charge in [0.15, 0.2) is 11.0 Å². The van der Waals surface area contributed by atoms with E-state index in [1.165, 1.54) is 11.8 Å². The number of carbonyl (C=O) groups is 2. The molecule has 1 heterocycles. The second-order valence-electron chi connectivity index (χ2n) is 8.80. The summed E-state index contributed by atoms with van der Waals surface area (Å²) in [6.45, 7) is 8.21. The van der Waals surface area contributed by atoms with Crippen LogP contribution in [0.25, 0.3) is 0 Å². The molecule has 3 rings (SSSR count). The molecule has 3 aromatic rings. The zero-order chi connectivity index (χ0) is 25.7. The van der Waals surface area contributed by atoms with Crippen LogP contribution < -0.4 is 10.6 Å². The third-order valence-corrected chi connectivity index (χ3v) is 7.48. The second kappa shape index (κ2) is 12.2. The summed E-state index contributed by atoms with van der Waals surface area (Å²) in [5, 5.41) is 15.6. The summed E-state index contributed by atoms with van der Waals surface area (Å²) in [6, 6.07) is 12.6. The van der Waals surface area contributed by atoms with E-state index in [2.05, 4.69) is 63.3 Å². The molecule has 0 spiro atoms. The van der Waals surface area contributed by atoms with Gasteiger partial charge in [-0.1, -0.05) is 63.2 Å². The molecule has 0 radical (unpaired) electrons. The van der Waals surface area contributed by atoms with E-state index < -0.39 is 0 Å². The number of nitrogens with zero attached hydrogens (tertiary/aromatic N) is 3. The van der Waals surface area contributed by atoms with Crippen LogP contribution in [0.3, 0.4) is 0 Å². The highest BCUT2D eigenvalue weighted by Gasteiger charge is 2.26. The molecule has 0 saturated heterocycles. The number of halogens is 2. The number of carbonyl (C=O) groups excluding carboxylic acids is 2. The van der Waals surface area contributed by atoms with Gasteiger partial charge >= 0.3 is 0 Å². The molecule has 2 aromatic carbocycles. The van der Waals surface area contributed by atoms with Crippen LogP contribution in [0.2, 0.25) is 5.02 Å². The number of rotatable bonds is 9. The number of anilines is 1. The highest BCUT2D eigenvalue weighted by Crippen LogP contribution is 2.28. The largest absolute Gasteiger partial charge is 0.342 e. The Kier molecular flexibility index (Phi) is 9.60. The molecular formula is C25H29ClIN5O2S. The summed E-state index contributed by atoms with van der Waals surface area (Å²) in [7, 11) is 1.84. The normalized spacial score (nSPS) is 12.1. The molecule has 0 aliphatic heterocycles. The van der Waals surface area contributed by atoms with Crippen LogP contribution in [0.4, 0.5) is 5.69 Å². The summed E-state index contributed by atoms with van der Waals surface area (Å²) >= 11 is 9.77. The standard InChI is InChI=1S/C25H29ClIN5O2S/c1-14(2)18-12-16(27)10-11-20(18)28-21(33)13-35-25-31-30-23(32(25)5)22(15(3)4)29-24(34)17-8-6-7-9-19(17)26/h6-12,14-15,22H,13H2,1-5H3,(H,28,33)(H,29,34)/t22-/m1/s1. The van der Waals surface area contributed by atoms with E-state index in [-0.39, 0.29) is 29.5 Å². The third-order valence-electron chi connectivity index (χ3n) is 5.46. The minimum Gasteiger partial charge on any atom is -0.342 e. The van der Waals surface area contributed by atoms with Crippen molar-refractivity contribution < 1.29 is 9.59 Å². The number of aromatic nitrogens is 3. The number of benzene rings is 2. The molecule has 0 saturated carbocycles. The molecule has 0 unspecified atom stereocenters. The molecule has 2 amide bonds. The molecule has 2 N–H and O–H groups in total. The average molecular weight is 626 g/mol. The number of hydrogen-bond acceptors (Lipinski definition) is 5. The maximum Gasteiger partial charge on any atom is 0.253 e. The molecule has 35 heavy (non-hydrogen) atoms. The Morgan fingerprint density at radius 3 is 2.49 bits per heavy atom. The zero-order valence-corrected chi connectivity index (χ0v) is 24.0. The fraction of sp³-hybridized carbons (Fsp3) is 0.360. The lowest BCUT2D eigenvalue weighted by Gasteiger charge is -2.22. The van der Waals surface area contributed by atoms with Crippen LogP contribution in [0.5, 0.6) is 0 Å². The SMILES string of the molecule is CC(C)c1cc(I)ccc1NC(=O)CSc1nnc([C@H](NC(=O)c2ccccc2Cl)C(C)C)n1C. The van der Waals surface area contributed by atoms with Crippen molar-refractivity contribution in [1.29, 1.82) is 0 Å². The molecule has 1 atom stereocenters. The van der Waals surface area contributed by atoms with E-state index in [0.717, 1.165) is 14.8 Å². The molecule has 1 aromatic heterocycles. The Morgan fingerprint density at radius 1 is 1.11 bits per heavy atom. The van der Waals surface area contributed by atoms with Crippen LogP contribution >= 0.6 is 46.0 Å². The van der Waals surface area contributed by atoms with Gasteiger partial charge in [-0.25, -0.2) is 0 Å². The smallest absolute Gasteiger partial charge is 0.253 e. The molecule has 0 aliphatic rings. The van der Waals surface area contributed by atoms with Gasteiger partial charge in [-0.3, -0.25) is 9.59 Å². The van der Waals surface area contributed by atoms with Gasteiger partial charge in [0, 0.05) is 16.3 Å². The Bertz CT molecular complexity index is 1210. The van der Waals surface area contributed by atoms with Crippen molar-refractivity contribution >= 4 is 63.5 Å². The highest BCUT2D eigenvalue weighted by molar-refractivity contribution is 14.1. The summed E-state index contributed by atoms with van der Waals surface area (Å²) in [4.78, 5) is 25.5. The first-order valence-corrected chi connectivity index (χ1v) is 13.7. The maximum atomic E-state index is 12.8. The summed E-state index contributed by atoms with van der Waals surface area (Å²) in [5.41, 5.74) is 2.33. The van der Waals surface area contributed by atoms with Crippen LogP contribution in [0, 0.1) is 9.49 Å². The van der Waals surface area contributed by atoms with Crippen molar-refractivity contribution in [3.8, 4) is 0 Å². The number of thioether (sulfide) groups is 1. The van der Waals surface area contributed by atoms with Crippen LogP contribution in [-0.2, 0) is 11.8 Å². The Morgan fingerprint density at radius 2 is 1.83 bits per heavy atom. The fourth-order valence-corrected chi connectivity index (χ4v) is 5.01. The van der Waals surface area contributed by atoms with Crippen LogP contribution in [0.1, 0.15) is 61.4 Å². The van der Waals surface area contributed by atoms with E-state index in [9.17, 15) is 9.59 Å². The van der Waals surface area contributed by atoms with Crippen LogP contribution in [0.15, 0.2) is 47.6 Å². The summed E-state index contributed by atoms with van der Waals surface area (Å²) < 4.78 is 2.95. The van der Waals surface area contributed by atoms with E-state index in [4.69, 9.17) is 11.6 Å². The van der Waals surface area contributed by atoms with E-state index >= 15 is 0 Å². The Hall–Kier alpha value is -2.11. The van der Waals surface area contributed by atoms with Crippen LogP contribution in [-0.4, -0.2) is 32.3 Å². The Balaban J connectivity index is 1.69. The van der Waals surface area contributed by atoms with Gasteiger partial charge in [-0.15, -0.1) is 10.2 Å². The van der Waals surface area contributed by atoms with E-state index in [0.29, 0.717) is 27.5 Å². The topological polar surface area (TPSA) is 88.9 Å². The van der Waals surface area contributed by atoms with Gasteiger partial charge in [-0.05, 0) is 70.3 Å². The van der Waals surface area contributed by atoms with Gasteiger partial charge in [0.1, 0.15) is 0 Å². The predicted octanol–water partition coefficient (Wildman–Crippen LogP) is 6.05. The first-order chi connectivity index (χ1) is 16.6. The average Bonchev–Trinajstić information content (AvgIpc) is 3.16. The van der Waals surface area contributed by atoms with Gasteiger partial charge in [-0.2, -0.15) is 0 Å². The zero-order valence-electron chi connectivity index (χ0n) is 20.3. The van der Waals surface area contributed by atoms with Crippen molar-refractivity contribution in [3.05, 3.63) is 68.0 Å². The second-order valence-corrected chi connectivity index (χ2v) is 11.4. The number of nitrogens with one attached hydrogen (secondary N) is 2.